The van der Waals surface area contributed by atoms with Gasteiger partial charge in [-0.1, -0.05) is 24.3 Å². The number of Topliss-reactive ketones (excluding diaryl/α,β-unsaturated/α-hetero) is 1. The summed E-state index contributed by atoms with van der Waals surface area (Å²) in [5.74, 6) is 1.48. The number of fused-ring (bicyclic) bond motifs is 2. The van der Waals surface area contributed by atoms with E-state index in [0.717, 1.165) is 22.7 Å². The highest BCUT2D eigenvalue weighted by Crippen LogP contribution is 2.31. The molecule has 0 amide bonds. The number of nitrogens with zero attached hydrogens (tertiary/aromatic N) is 3. The number of benzene rings is 2. The molecule has 8 nitrogen and oxygen atoms in total. The molecule has 182 valence electrons. The maximum absolute atomic E-state index is 13.4. The first kappa shape index (κ1) is 23.2. The van der Waals surface area contributed by atoms with Crippen LogP contribution in [0.1, 0.15) is 27.6 Å². The van der Waals surface area contributed by atoms with Crippen molar-refractivity contribution < 1.29 is 22.7 Å². The molecule has 2 aromatic heterocycles. The lowest BCUT2D eigenvalue weighted by atomic mass is 10.1. The summed E-state index contributed by atoms with van der Waals surface area (Å²) in [5.41, 5.74) is 3.78. The highest BCUT2D eigenvalue weighted by molar-refractivity contribution is 7.89. The third kappa shape index (κ3) is 4.68. The van der Waals surface area contributed by atoms with Gasteiger partial charge in [-0.2, -0.15) is 0 Å². The average Bonchev–Trinajstić information content (AvgIpc) is 3.29. The second kappa shape index (κ2) is 8.88. The van der Waals surface area contributed by atoms with Crippen LogP contribution in [0.2, 0.25) is 0 Å². The quantitative estimate of drug-likeness (QED) is 0.365. The first-order chi connectivity index (χ1) is 16.7. The molecule has 1 aliphatic heterocycles. The molecular formula is C26H27N3O5S. The molecule has 35 heavy (non-hydrogen) atoms. The van der Waals surface area contributed by atoms with Crippen LogP contribution in [0.5, 0.6) is 11.5 Å². The van der Waals surface area contributed by atoms with Gasteiger partial charge in [0.05, 0.1) is 24.1 Å². The average molecular weight is 494 g/mol. The summed E-state index contributed by atoms with van der Waals surface area (Å²) in [4.78, 5) is 17.9. The maximum atomic E-state index is 13.4. The van der Waals surface area contributed by atoms with E-state index in [-0.39, 0.29) is 24.2 Å². The Balaban J connectivity index is 1.40. The Morgan fingerprint density at radius 1 is 1.06 bits per heavy atom. The van der Waals surface area contributed by atoms with Crippen LogP contribution in [0.4, 0.5) is 0 Å². The molecule has 0 N–H and O–H groups in total. The first-order valence-electron chi connectivity index (χ1n) is 11.4. The number of imidazole rings is 1. The minimum Gasteiger partial charge on any atom is -0.486 e. The number of hydrogen-bond donors (Lipinski definition) is 0. The van der Waals surface area contributed by atoms with Crippen LogP contribution in [0, 0.1) is 13.8 Å². The number of rotatable bonds is 7. The molecule has 0 aliphatic carbocycles. The zero-order chi connectivity index (χ0) is 24.7. The third-order valence-corrected chi connectivity index (χ3v) is 7.04. The summed E-state index contributed by atoms with van der Waals surface area (Å²) < 4.78 is 39.7. The summed E-state index contributed by atoms with van der Waals surface area (Å²) >= 11 is 0. The molecule has 0 spiro atoms. The van der Waals surface area contributed by atoms with Gasteiger partial charge in [-0.15, -0.1) is 0 Å². The molecule has 9 heteroatoms. The molecular weight excluding hydrogens is 466 g/mol. The van der Waals surface area contributed by atoms with Crippen molar-refractivity contribution in [2.45, 2.75) is 38.8 Å². The number of hydrogen-bond acceptors (Lipinski definition) is 6. The van der Waals surface area contributed by atoms with Gasteiger partial charge in [0, 0.05) is 23.2 Å². The highest BCUT2D eigenvalue weighted by Gasteiger charge is 2.25. The first-order valence-corrected chi connectivity index (χ1v) is 13.5. The minimum atomic E-state index is -3.32. The third-order valence-electron chi connectivity index (χ3n) is 6.25. The van der Waals surface area contributed by atoms with E-state index in [4.69, 9.17) is 9.47 Å². The van der Waals surface area contributed by atoms with E-state index in [9.17, 15) is 13.2 Å². The molecule has 0 fully saturated rings. The smallest absolute Gasteiger partial charge is 0.184 e. The standard InChI is InChI=1S/C26H27N3O5S/c1-17-12-20(18(2)28(17)13-19-15-33-24-10-6-7-11-25(24)34-19)23(30)14-29-22-9-5-4-8-21(22)27-26(29)16-35(3,31)32/h4-12,19H,13-16H2,1-3H3. The van der Waals surface area contributed by atoms with Crippen LogP contribution in [0.15, 0.2) is 54.6 Å². The van der Waals surface area contributed by atoms with Crippen molar-refractivity contribution in [3.63, 3.8) is 0 Å². The lowest BCUT2D eigenvalue weighted by Crippen LogP contribution is -2.33. The second-order valence-electron chi connectivity index (χ2n) is 8.99. The molecule has 1 unspecified atom stereocenters. The van der Waals surface area contributed by atoms with Gasteiger partial charge in [-0.3, -0.25) is 4.79 Å². The van der Waals surface area contributed by atoms with Crippen molar-refractivity contribution in [1.82, 2.24) is 14.1 Å². The number of aromatic nitrogens is 3. The zero-order valence-corrected chi connectivity index (χ0v) is 20.7. The molecule has 1 atom stereocenters. The van der Waals surface area contributed by atoms with Gasteiger partial charge in [0.1, 0.15) is 18.2 Å². The van der Waals surface area contributed by atoms with Gasteiger partial charge in [0.2, 0.25) is 0 Å². The molecule has 0 saturated heterocycles. The van der Waals surface area contributed by atoms with E-state index in [2.05, 4.69) is 9.55 Å². The molecule has 2 aromatic carbocycles. The number of para-hydroxylation sites is 4. The van der Waals surface area contributed by atoms with Crippen LogP contribution >= 0.6 is 0 Å². The normalized spacial score (nSPS) is 15.5. The Kier molecular flexibility index (Phi) is 5.88. The number of sulfone groups is 1. The van der Waals surface area contributed by atoms with Crippen LogP contribution in [-0.2, 0) is 28.7 Å². The Labute approximate surface area is 204 Å². The Morgan fingerprint density at radius 3 is 2.54 bits per heavy atom. The fourth-order valence-corrected chi connectivity index (χ4v) is 5.29. The van der Waals surface area contributed by atoms with Crippen molar-refractivity contribution in [2.75, 3.05) is 12.9 Å². The Bertz CT molecular complexity index is 1530. The molecule has 5 rings (SSSR count). The van der Waals surface area contributed by atoms with Crippen molar-refractivity contribution in [1.29, 1.82) is 0 Å². The van der Waals surface area contributed by atoms with Gasteiger partial charge < -0.3 is 18.6 Å². The highest BCUT2D eigenvalue weighted by atomic mass is 32.2. The van der Waals surface area contributed by atoms with Crippen LogP contribution < -0.4 is 9.47 Å². The molecule has 0 radical (unpaired) electrons. The van der Waals surface area contributed by atoms with Gasteiger partial charge in [-0.05, 0) is 44.2 Å². The van der Waals surface area contributed by atoms with Gasteiger partial charge in [-0.25, -0.2) is 13.4 Å². The maximum Gasteiger partial charge on any atom is 0.184 e. The van der Waals surface area contributed by atoms with Crippen LogP contribution in [0.25, 0.3) is 11.0 Å². The summed E-state index contributed by atoms with van der Waals surface area (Å²) in [6.07, 6.45) is 0.985. The van der Waals surface area contributed by atoms with Crippen molar-refractivity contribution in [3.8, 4) is 11.5 Å². The van der Waals surface area contributed by atoms with E-state index in [0.29, 0.717) is 35.8 Å². The topological polar surface area (TPSA) is 92.4 Å². The molecule has 3 heterocycles. The SMILES string of the molecule is Cc1cc(C(=O)Cn2c(CS(C)(=O)=O)nc3ccccc32)c(C)n1CC1COc2ccccc2O1. The summed E-state index contributed by atoms with van der Waals surface area (Å²) in [7, 11) is -3.32. The minimum absolute atomic E-state index is 0.00603. The predicted octanol–water partition coefficient (Wildman–Crippen LogP) is 3.72. The zero-order valence-electron chi connectivity index (χ0n) is 19.9. The van der Waals surface area contributed by atoms with E-state index in [1.54, 1.807) is 4.57 Å². The molecule has 4 aromatic rings. The van der Waals surface area contributed by atoms with Gasteiger partial charge >= 0.3 is 0 Å². The lowest BCUT2D eigenvalue weighted by molar-refractivity contribution is 0.0777. The number of carbonyl (C=O) groups is 1. The van der Waals surface area contributed by atoms with E-state index in [1.807, 2.05) is 68.4 Å². The summed E-state index contributed by atoms with van der Waals surface area (Å²) in [5, 5.41) is 0. The lowest BCUT2D eigenvalue weighted by Gasteiger charge is -2.27. The van der Waals surface area contributed by atoms with Crippen molar-refractivity contribution >= 4 is 26.7 Å². The number of aryl methyl sites for hydroxylation is 1. The summed E-state index contributed by atoms with van der Waals surface area (Å²) in [6, 6.07) is 16.8. The van der Waals surface area contributed by atoms with Gasteiger partial charge in [0.25, 0.3) is 0 Å². The van der Waals surface area contributed by atoms with E-state index < -0.39 is 9.84 Å². The fourth-order valence-electron chi connectivity index (χ4n) is 4.60. The van der Waals surface area contributed by atoms with Crippen molar-refractivity contribution in [2.24, 2.45) is 0 Å². The Morgan fingerprint density at radius 2 is 1.77 bits per heavy atom. The predicted molar refractivity (Wildman–Crippen MR) is 133 cm³/mol. The summed E-state index contributed by atoms with van der Waals surface area (Å²) in [6.45, 7) is 4.86. The number of carbonyl (C=O) groups excluding carboxylic acids is 1. The van der Waals surface area contributed by atoms with Crippen LogP contribution in [-0.4, -0.2) is 47.3 Å². The van der Waals surface area contributed by atoms with Crippen LogP contribution in [0.3, 0.4) is 0 Å². The fraction of sp³-hybridized carbons (Fsp3) is 0.308. The van der Waals surface area contributed by atoms with E-state index >= 15 is 0 Å². The number of ketones is 1. The van der Waals surface area contributed by atoms with Crippen molar-refractivity contribution in [3.05, 3.63) is 77.4 Å². The molecule has 0 saturated carbocycles. The Hall–Kier alpha value is -3.59. The second-order valence-corrected chi connectivity index (χ2v) is 11.1. The monoisotopic (exact) mass is 493 g/mol. The molecule has 1 aliphatic rings. The number of ether oxygens (including phenoxy) is 2. The van der Waals surface area contributed by atoms with E-state index in [1.165, 1.54) is 6.26 Å². The van der Waals surface area contributed by atoms with Gasteiger partial charge in [0.15, 0.2) is 33.2 Å². The molecule has 0 bridgehead atoms. The largest absolute Gasteiger partial charge is 0.486 e.